The van der Waals surface area contributed by atoms with Gasteiger partial charge in [-0.3, -0.25) is 0 Å². The van der Waals surface area contributed by atoms with Crippen LogP contribution in [0.1, 0.15) is 11.1 Å². The first-order valence-corrected chi connectivity index (χ1v) is 7.40. The zero-order chi connectivity index (χ0) is 19.1. The fourth-order valence-electron chi connectivity index (χ4n) is 2.31. The second kappa shape index (κ2) is 6.31. The summed E-state index contributed by atoms with van der Waals surface area (Å²) in [5.41, 5.74) is -2.90. The van der Waals surface area contributed by atoms with Crippen molar-refractivity contribution in [3.05, 3.63) is 58.9 Å². The van der Waals surface area contributed by atoms with Crippen molar-refractivity contribution >= 4 is 34.0 Å². The molecule has 0 saturated heterocycles. The average Bonchev–Trinajstić information content (AvgIpc) is 2.52. The highest BCUT2D eigenvalue weighted by Crippen LogP contribution is 2.38. The summed E-state index contributed by atoms with van der Waals surface area (Å²) in [6, 6.07) is 7.61. The van der Waals surface area contributed by atoms with Crippen LogP contribution >= 0.6 is 11.6 Å². The molecule has 0 atom stereocenters. The van der Waals surface area contributed by atoms with E-state index in [1.165, 1.54) is 0 Å². The molecule has 2 aromatic carbocycles. The predicted octanol–water partition coefficient (Wildman–Crippen LogP) is 6.06. The first kappa shape index (κ1) is 18.2. The zero-order valence-electron chi connectivity index (χ0n) is 12.6. The molecule has 0 aliphatic carbocycles. The highest BCUT2D eigenvalue weighted by Gasteiger charge is 2.37. The van der Waals surface area contributed by atoms with Gasteiger partial charge in [-0.15, -0.1) is 0 Å². The molecule has 0 bridgehead atoms. The van der Waals surface area contributed by atoms with Crippen LogP contribution in [0.3, 0.4) is 0 Å². The summed E-state index contributed by atoms with van der Waals surface area (Å²) in [7, 11) is 0. The van der Waals surface area contributed by atoms with Crippen LogP contribution in [0.5, 0.6) is 0 Å². The summed E-state index contributed by atoms with van der Waals surface area (Å²) in [6.07, 6.45) is -9.88. The van der Waals surface area contributed by atoms with Crippen LogP contribution in [-0.2, 0) is 12.4 Å². The highest BCUT2D eigenvalue weighted by molar-refractivity contribution is 6.28. The topological polar surface area (TPSA) is 37.8 Å². The Morgan fingerprint density at radius 1 is 0.808 bits per heavy atom. The second-order valence-electron chi connectivity index (χ2n) is 5.28. The molecule has 0 unspecified atom stereocenters. The van der Waals surface area contributed by atoms with E-state index in [0.29, 0.717) is 23.0 Å². The number of benzene rings is 2. The molecular weight excluding hydrogens is 384 g/mol. The number of alkyl halides is 6. The van der Waals surface area contributed by atoms with Crippen molar-refractivity contribution in [3.63, 3.8) is 0 Å². The number of para-hydroxylation sites is 1. The fourth-order valence-corrected chi connectivity index (χ4v) is 2.48. The lowest BCUT2D eigenvalue weighted by atomic mass is 10.1. The third-order valence-electron chi connectivity index (χ3n) is 3.43. The lowest BCUT2D eigenvalue weighted by molar-refractivity contribution is -0.143. The van der Waals surface area contributed by atoms with Gasteiger partial charge in [-0.2, -0.15) is 31.3 Å². The van der Waals surface area contributed by atoms with E-state index < -0.39 is 29.2 Å². The lowest BCUT2D eigenvalue weighted by Crippen LogP contribution is -2.11. The molecule has 3 rings (SSSR count). The van der Waals surface area contributed by atoms with Crippen molar-refractivity contribution in [2.45, 2.75) is 12.4 Å². The number of halogens is 7. The van der Waals surface area contributed by atoms with Crippen molar-refractivity contribution in [2.75, 3.05) is 5.32 Å². The first-order chi connectivity index (χ1) is 12.0. The molecule has 0 aliphatic heterocycles. The Morgan fingerprint density at radius 3 is 1.96 bits per heavy atom. The normalized spacial score (nSPS) is 12.4. The average molecular weight is 392 g/mol. The van der Waals surface area contributed by atoms with Crippen LogP contribution in [0, 0.1) is 0 Å². The third kappa shape index (κ3) is 3.82. The molecule has 1 aromatic heterocycles. The summed E-state index contributed by atoms with van der Waals surface area (Å²) >= 11 is 5.78. The molecule has 10 heteroatoms. The van der Waals surface area contributed by atoms with Gasteiger partial charge in [0.1, 0.15) is 5.82 Å². The van der Waals surface area contributed by atoms with Gasteiger partial charge in [-0.05, 0) is 41.9 Å². The van der Waals surface area contributed by atoms with E-state index in [-0.39, 0.29) is 17.2 Å². The predicted molar refractivity (Wildman–Crippen MR) is 84.3 cm³/mol. The molecule has 0 amide bonds. The molecular formula is C16H8ClF6N3. The summed E-state index contributed by atoms with van der Waals surface area (Å²) < 4.78 is 77.7. The smallest absolute Gasteiger partial charge is 0.340 e. The third-order valence-corrected chi connectivity index (χ3v) is 3.60. The van der Waals surface area contributed by atoms with Gasteiger partial charge in [0, 0.05) is 11.1 Å². The largest absolute Gasteiger partial charge is 0.416 e. The van der Waals surface area contributed by atoms with E-state index in [0.717, 1.165) is 0 Å². The summed E-state index contributed by atoms with van der Waals surface area (Å²) in [5, 5.41) is 2.67. The SMILES string of the molecule is FC(F)(F)c1cc(Nc2nc(Cl)nc3ccccc23)cc(C(F)(F)F)c1. The van der Waals surface area contributed by atoms with Gasteiger partial charge in [0.05, 0.1) is 16.6 Å². The summed E-state index contributed by atoms with van der Waals surface area (Å²) in [5.74, 6) is -0.00644. The van der Waals surface area contributed by atoms with Crippen LogP contribution in [0.25, 0.3) is 10.9 Å². The molecule has 0 radical (unpaired) electrons. The Labute approximate surface area is 147 Å². The molecule has 136 valence electrons. The van der Waals surface area contributed by atoms with Gasteiger partial charge in [-0.1, -0.05) is 12.1 Å². The van der Waals surface area contributed by atoms with E-state index in [9.17, 15) is 26.3 Å². The molecule has 0 saturated carbocycles. The Hall–Kier alpha value is -2.55. The van der Waals surface area contributed by atoms with Gasteiger partial charge in [0.2, 0.25) is 5.28 Å². The maximum Gasteiger partial charge on any atom is 0.416 e. The van der Waals surface area contributed by atoms with Gasteiger partial charge < -0.3 is 5.32 Å². The van der Waals surface area contributed by atoms with Gasteiger partial charge in [0.25, 0.3) is 0 Å². The quantitative estimate of drug-likeness (QED) is 0.426. The number of nitrogens with one attached hydrogen (secondary N) is 1. The van der Waals surface area contributed by atoms with E-state index in [1.807, 2.05) is 0 Å². The van der Waals surface area contributed by atoms with Crippen LogP contribution in [0.15, 0.2) is 42.5 Å². The van der Waals surface area contributed by atoms with Gasteiger partial charge >= 0.3 is 12.4 Å². The van der Waals surface area contributed by atoms with E-state index in [4.69, 9.17) is 11.6 Å². The number of hydrogen-bond acceptors (Lipinski definition) is 3. The van der Waals surface area contributed by atoms with Crippen molar-refractivity contribution in [1.82, 2.24) is 9.97 Å². The molecule has 1 heterocycles. The Kier molecular flexibility index (Phi) is 4.43. The van der Waals surface area contributed by atoms with Crippen LogP contribution < -0.4 is 5.32 Å². The van der Waals surface area contributed by atoms with Crippen molar-refractivity contribution < 1.29 is 26.3 Å². The highest BCUT2D eigenvalue weighted by atomic mass is 35.5. The van der Waals surface area contributed by atoms with Gasteiger partial charge in [-0.25, -0.2) is 4.98 Å². The Bertz CT molecular complexity index is 936. The summed E-state index contributed by atoms with van der Waals surface area (Å²) in [6.45, 7) is 0. The maximum atomic E-state index is 13.0. The molecule has 3 aromatic rings. The Morgan fingerprint density at radius 2 is 1.38 bits per heavy atom. The first-order valence-electron chi connectivity index (χ1n) is 7.03. The molecule has 0 aliphatic rings. The number of anilines is 2. The van der Waals surface area contributed by atoms with Gasteiger partial charge in [0.15, 0.2) is 0 Å². The number of nitrogens with zero attached hydrogens (tertiary/aromatic N) is 2. The molecule has 0 spiro atoms. The zero-order valence-corrected chi connectivity index (χ0v) is 13.3. The fraction of sp³-hybridized carbons (Fsp3) is 0.125. The second-order valence-corrected chi connectivity index (χ2v) is 5.62. The number of hydrogen-bond donors (Lipinski definition) is 1. The number of fused-ring (bicyclic) bond motifs is 1. The standard InChI is InChI=1S/C16H8ClF6N3/c17-14-25-12-4-2-1-3-11(12)13(26-14)24-10-6-8(15(18,19)20)5-9(7-10)16(21,22)23/h1-7H,(H,24,25,26). The van der Waals surface area contributed by atoms with Crippen LogP contribution in [-0.4, -0.2) is 9.97 Å². The van der Waals surface area contributed by atoms with Crippen molar-refractivity contribution in [2.24, 2.45) is 0 Å². The molecule has 3 nitrogen and oxygen atoms in total. The van der Waals surface area contributed by atoms with Crippen molar-refractivity contribution in [3.8, 4) is 0 Å². The van der Waals surface area contributed by atoms with Crippen LogP contribution in [0.2, 0.25) is 5.28 Å². The monoisotopic (exact) mass is 391 g/mol. The van der Waals surface area contributed by atoms with Crippen LogP contribution in [0.4, 0.5) is 37.8 Å². The number of rotatable bonds is 2. The van der Waals surface area contributed by atoms with E-state index in [2.05, 4.69) is 15.3 Å². The maximum absolute atomic E-state index is 13.0. The minimum Gasteiger partial charge on any atom is -0.340 e. The van der Waals surface area contributed by atoms with E-state index >= 15 is 0 Å². The number of aromatic nitrogens is 2. The minimum atomic E-state index is -4.94. The van der Waals surface area contributed by atoms with Crippen molar-refractivity contribution in [1.29, 1.82) is 0 Å². The Balaban J connectivity index is 2.13. The van der Waals surface area contributed by atoms with E-state index in [1.54, 1.807) is 24.3 Å². The molecule has 0 fully saturated rings. The molecule has 26 heavy (non-hydrogen) atoms. The summed E-state index contributed by atoms with van der Waals surface area (Å²) in [4.78, 5) is 7.81. The lowest BCUT2D eigenvalue weighted by Gasteiger charge is -2.15. The molecule has 1 N–H and O–H groups in total. The minimum absolute atomic E-state index is 0.00644.